The number of nitrogens with one attached hydrogen (secondary N) is 1. The van der Waals surface area contributed by atoms with E-state index in [0.29, 0.717) is 41.5 Å². The van der Waals surface area contributed by atoms with E-state index in [9.17, 15) is 8.78 Å². The number of fused-ring (bicyclic) bond motifs is 1. The number of benzene rings is 1. The molecule has 2 atom stereocenters. The summed E-state index contributed by atoms with van der Waals surface area (Å²) in [5.74, 6) is -0.544. The molecule has 1 fully saturated rings. The van der Waals surface area contributed by atoms with Crippen molar-refractivity contribution in [3.05, 3.63) is 66.1 Å². The van der Waals surface area contributed by atoms with E-state index in [1.165, 1.54) is 12.1 Å². The second kappa shape index (κ2) is 9.07. The van der Waals surface area contributed by atoms with Crippen LogP contribution in [0.15, 0.2) is 48.9 Å². The van der Waals surface area contributed by atoms with E-state index in [4.69, 9.17) is 9.47 Å². The van der Waals surface area contributed by atoms with Crippen molar-refractivity contribution < 1.29 is 18.3 Å². The molecule has 1 aliphatic rings. The molecule has 0 aliphatic carbocycles. The Balaban J connectivity index is 1.47. The van der Waals surface area contributed by atoms with Gasteiger partial charge in [-0.1, -0.05) is 6.07 Å². The molecule has 4 heterocycles. The first kappa shape index (κ1) is 21.2. The molecule has 0 amide bonds. The number of aromatic nitrogens is 5. The third kappa shape index (κ3) is 4.61. The predicted octanol–water partition coefficient (Wildman–Crippen LogP) is 4.05. The molecule has 170 valence electrons. The van der Waals surface area contributed by atoms with Gasteiger partial charge in [-0.2, -0.15) is 15.1 Å². The number of ether oxygens (including phenoxy) is 2. The molecule has 1 saturated heterocycles. The molecule has 10 heteroatoms. The van der Waals surface area contributed by atoms with Gasteiger partial charge in [-0.25, -0.2) is 18.3 Å². The molecule has 1 aliphatic heterocycles. The molecule has 0 radical (unpaired) electrons. The van der Waals surface area contributed by atoms with Crippen molar-refractivity contribution in [1.29, 1.82) is 0 Å². The van der Waals surface area contributed by atoms with E-state index in [2.05, 4.69) is 25.4 Å². The summed E-state index contributed by atoms with van der Waals surface area (Å²) in [6.45, 7) is 3.56. The summed E-state index contributed by atoms with van der Waals surface area (Å²) in [4.78, 5) is 13.4. The SMILES string of the molecule is C[C@H](Nc1cc(-c2cnn3cccnc23)nc(OCC2CCOC2)n1)c1ccc(F)cc1F. The standard InChI is InChI=1S/C23H22F2N6O2/c1-14(17-4-3-16(24)9-19(17)25)28-21-10-20(18-11-27-31-7-2-6-26-22(18)31)29-23(30-21)33-13-15-5-8-32-12-15/h2-4,6-7,9-11,14-15H,5,8,12-13H2,1H3,(H,28,29,30)/t14-,15?/m0/s1. The first-order valence-corrected chi connectivity index (χ1v) is 10.7. The highest BCUT2D eigenvalue weighted by atomic mass is 19.1. The van der Waals surface area contributed by atoms with Crippen molar-refractivity contribution in [3.8, 4) is 17.3 Å². The lowest BCUT2D eigenvalue weighted by atomic mass is 10.1. The minimum Gasteiger partial charge on any atom is -0.463 e. The summed E-state index contributed by atoms with van der Waals surface area (Å²) >= 11 is 0. The van der Waals surface area contributed by atoms with Gasteiger partial charge in [0.15, 0.2) is 5.65 Å². The van der Waals surface area contributed by atoms with E-state index in [1.54, 1.807) is 42.2 Å². The third-order valence-electron chi connectivity index (χ3n) is 5.53. The van der Waals surface area contributed by atoms with Gasteiger partial charge in [0.1, 0.15) is 17.5 Å². The number of hydrogen-bond donors (Lipinski definition) is 1. The Morgan fingerprint density at radius 1 is 1.27 bits per heavy atom. The van der Waals surface area contributed by atoms with Crippen LogP contribution in [0.4, 0.5) is 14.6 Å². The Kier molecular flexibility index (Phi) is 5.82. The normalized spacial score (nSPS) is 16.8. The van der Waals surface area contributed by atoms with Crippen LogP contribution in [-0.4, -0.2) is 44.4 Å². The van der Waals surface area contributed by atoms with Gasteiger partial charge in [-0.05, 0) is 25.5 Å². The Morgan fingerprint density at radius 2 is 2.18 bits per heavy atom. The zero-order valence-electron chi connectivity index (χ0n) is 17.9. The quantitative estimate of drug-likeness (QED) is 0.453. The zero-order chi connectivity index (χ0) is 22.8. The molecule has 5 rings (SSSR count). The van der Waals surface area contributed by atoms with Gasteiger partial charge in [0.2, 0.25) is 0 Å². The summed E-state index contributed by atoms with van der Waals surface area (Å²) in [5, 5.41) is 7.49. The van der Waals surface area contributed by atoms with E-state index in [0.717, 1.165) is 19.1 Å². The van der Waals surface area contributed by atoms with Gasteiger partial charge < -0.3 is 14.8 Å². The Labute approximate surface area is 188 Å². The van der Waals surface area contributed by atoms with Crippen molar-refractivity contribution >= 4 is 11.5 Å². The minimum absolute atomic E-state index is 0.184. The van der Waals surface area contributed by atoms with Crippen molar-refractivity contribution in [2.75, 3.05) is 25.1 Å². The Bertz CT molecular complexity index is 1280. The fourth-order valence-electron chi connectivity index (χ4n) is 3.77. The summed E-state index contributed by atoms with van der Waals surface area (Å²) in [6, 6.07) is 6.72. The Morgan fingerprint density at radius 3 is 3.00 bits per heavy atom. The monoisotopic (exact) mass is 452 g/mol. The molecule has 0 bridgehead atoms. The highest BCUT2D eigenvalue weighted by molar-refractivity contribution is 5.75. The lowest BCUT2D eigenvalue weighted by molar-refractivity contribution is 0.163. The lowest BCUT2D eigenvalue weighted by Crippen LogP contribution is -2.15. The van der Waals surface area contributed by atoms with E-state index in [1.807, 2.05) is 0 Å². The minimum atomic E-state index is -0.631. The van der Waals surface area contributed by atoms with Crippen LogP contribution in [0, 0.1) is 17.6 Å². The van der Waals surface area contributed by atoms with Gasteiger partial charge in [-0.3, -0.25) is 0 Å². The first-order chi connectivity index (χ1) is 16.1. The maximum absolute atomic E-state index is 14.3. The van der Waals surface area contributed by atoms with Crippen LogP contribution >= 0.6 is 0 Å². The largest absolute Gasteiger partial charge is 0.463 e. The predicted molar refractivity (Wildman–Crippen MR) is 117 cm³/mol. The van der Waals surface area contributed by atoms with Gasteiger partial charge in [-0.15, -0.1) is 0 Å². The molecule has 1 N–H and O–H groups in total. The average Bonchev–Trinajstić information content (AvgIpc) is 3.47. The second-order valence-electron chi connectivity index (χ2n) is 7.94. The maximum Gasteiger partial charge on any atom is 0.318 e. The fraction of sp³-hybridized carbons (Fsp3) is 0.304. The fourth-order valence-corrected chi connectivity index (χ4v) is 3.77. The number of rotatable bonds is 7. The van der Waals surface area contributed by atoms with E-state index < -0.39 is 17.7 Å². The second-order valence-corrected chi connectivity index (χ2v) is 7.94. The van der Waals surface area contributed by atoms with Crippen molar-refractivity contribution in [1.82, 2.24) is 24.6 Å². The van der Waals surface area contributed by atoms with E-state index in [-0.39, 0.29) is 11.9 Å². The van der Waals surface area contributed by atoms with Crippen LogP contribution in [0.25, 0.3) is 16.9 Å². The molecule has 4 aromatic rings. The average molecular weight is 452 g/mol. The van der Waals surface area contributed by atoms with Crippen LogP contribution < -0.4 is 10.1 Å². The highest BCUT2D eigenvalue weighted by Crippen LogP contribution is 2.28. The van der Waals surface area contributed by atoms with Crippen molar-refractivity contribution in [2.45, 2.75) is 19.4 Å². The van der Waals surface area contributed by atoms with Gasteiger partial charge in [0.25, 0.3) is 0 Å². The molecular formula is C23H22F2N6O2. The van der Waals surface area contributed by atoms with Crippen LogP contribution in [0.3, 0.4) is 0 Å². The van der Waals surface area contributed by atoms with Crippen LogP contribution in [0.5, 0.6) is 6.01 Å². The molecule has 0 spiro atoms. The van der Waals surface area contributed by atoms with Crippen LogP contribution in [0.1, 0.15) is 24.9 Å². The summed E-state index contributed by atoms with van der Waals surface area (Å²) < 4.78 is 40.6. The number of anilines is 1. The number of nitrogens with zero attached hydrogens (tertiary/aromatic N) is 5. The summed E-state index contributed by atoms with van der Waals surface area (Å²) in [5.41, 5.74) is 2.22. The molecule has 8 nitrogen and oxygen atoms in total. The summed E-state index contributed by atoms with van der Waals surface area (Å²) in [7, 11) is 0. The van der Waals surface area contributed by atoms with Crippen LogP contribution in [-0.2, 0) is 4.74 Å². The van der Waals surface area contributed by atoms with Gasteiger partial charge >= 0.3 is 6.01 Å². The highest BCUT2D eigenvalue weighted by Gasteiger charge is 2.19. The van der Waals surface area contributed by atoms with Crippen molar-refractivity contribution in [2.24, 2.45) is 5.92 Å². The molecule has 33 heavy (non-hydrogen) atoms. The molecule has 1 aromatic carbocycles. The molecule has 1 unspecified atom stereocenters. The topological polar surface area (TPSA) is 86.5 Å². The van der Waals surface area contributed by atoms with Gasteiger partial charge in [0.05, 0.1) is 36.7 Å². The number of hydrogen-bond acceptors (Lipinski definition) is 7. The number of halogens is 2. The molecule has 0 saturated carbocycles. The summed E-state index contributed by atoms with van der Waals surface area (Å²) in [6.07, 6.45) is 6.07. The lowest BCUT2D eigenvalue weighted by Gasteiger charge is -2.17. The molecular weight excluding hydrogens is 430 g/mol. The van der Waals surface area contributed by atoms with Crippen LogP contribution in [0.2, 0.25) is 0 Å². The zero-order valence-corrected chi connectivity index (χ0v) is 17.9. The third-order valence-corrected chi connectivity index (χ3v) is 5.53. The maximum atomic E-state index is 14.3. The molecule has 3 aromatic heterocycles. The van der Waals surface area contributed by atoms with E-state index >= 15 is 0 Å². The first-order valence-electron chi connectivity index (χ1n) is 10.7. The van der Waals surface area contributed by atoms with Gasteiger partial charge in [0, 0.05) is 42.6 Å². The smallest absolute Gasteiger partial charge is 0.318 e. The Hall–Kier alpha value is -3.66. The van der Waals surface area contributed by atoms with Crippen molar-refractivity contribution in [3.63, 3.8) is 0 Å².